The molecule has 33 heavy (non-hydrogen) atoms. The molecule has 11 nitrogen and oxygen atoms in total. The van der Waals surface area contributed by atoms with Gasteiger partial charge in [-0.25, -0.2) is 41.5 Å². The average Bonchev–Trinajstić information content (AvgIpc) is 2.70. The predicted molar refractivity (Wildman–Crippen MR) is 119 cm³/mol. The van der Waals surface area contributed by atoms with Gasteiger partial charge in [0.15, 0.2) is 5.75 Å². The number of sulfonamides is 2. The van der Waals surface area contributed by atoms with E-state index >= 15 is 0 Å². The number of nitrogens with one attached hydrogen (secondary N) is 2. The molecule has 1 aromatic heterocycles. The minimum atomic E-state index is -4.58. The number of rotatable bonds is 7. The number of aryl methyl sites for hydroxylation is 2. The lowest BCUT2D eigenvalue weighted by atomic mass is 10.2. The minimum absolute atomic E-state index is 0.0981. The maximum absolute atomic E-state index is 12.9. The lowest BCUT2D eigenvalue weighted by Crippen LogP contribution is -2.35. The third-order valence-electron chi connectivity index (χ3n) is 4.20. The fraction of sp³-hybridized carbons (Fsp3) is 0.150. The Hall–Kier alpha value is -3.55. The summed E-state index contributed by atoms with van der Waals surface area (Å²) < 4.78 is 57.4. The van der Waals surface area contributed by atoms with Crippen LogP contribution in [0, 0.1) is 13.8 Å². The SMILES string of the molecule is Cc1cc(C)nc(NC(=O)NS(=O)(=O)c2cccc(S(N)(=O)=O)c2OCc2ccccc2)n1. The van der Waals surface area contributed by atoms with Crippen molar-refractivity contribution >= 4 is 32.0 Å². The van der Waals surface area contributed by atoms with Crippen molar-refractivity contribution in [2.75, 3.05) is 5.32 Å². The summed E-state index contributed by atoms with van der Waals surface area (Å²) in [4.78, 5) is 19.2. The van der Waals surface area contributed by atoms with E-state index in [2.05, 4.69) is 15.3 Å². The summed E-state index contributed by atoms with van der Waals surface area (Å²) in [7, 11) is -8.93. The molecular weight excluding hydrogens is 470 g/mol. The second-order valence-electron chi connectivity index (χ2n) is 6.94. The second-order valence-corrected chi connectivity index (χ2v) is 10.1. The molecule has 4 N–H and O–H groups in total. The maximum atomic E-state index is 12.9. The Balaban J connectivity index is 1.93. The molecule has 0 aliphatic carbocycles. The molecule has 174 valence electrons. The van der Waals surface area contributed by atoms with Gasteiger partial charge in [0, 0.05) is 11.4 Å². The molecule has 1 heterocycles. The first kappa shape index (κ1) is 24.1. The van der Waals surface area contributed by atoms with Crippen LogP contribution >= 0.6 is 0 Å². The summed E-state index contributed by atoms with van der Waals surface area (Å²) in [5.41, 5.74) is 1.79. The molecule has 0 aliphatic heterocycles. The summed E-state index contributed by atoms with van der Waals surface area (Å²) in [6.07, 6.45) is 0. The highest BCUT2D eigenvalue weighted by Gasteiger charge is 2.28. The van der Waals surface area contributed by atoms with Crippen LogP contribution in [0.1, 0.15) is 17.0 Å². The summed E-state index contributed by atoms with van der Waals surface area (Å²) in [5, 5.41) is 7.49. The van der Waals surface area contributed by atoms with E-state index in [-0.39, 0.29) is 12.6 Å². The van der Waals surface area contributed by atoms with Gasteiger partial charge in [0.2, 0.25) is 16.0 Å². The highest BCUT2D eigenvalue weighted by molar-refractivity contribution is 7.90. The van der Waals surface area contributed by atoms with E-state index in [4.69, 9.17) is 9.88 Å². The quantitative estimate of drug-likeness (QED) is 0.449. The Morgan fingerprint density at radius 1 is 0.939 bits per heavy atom. The van der Waals surface area contributed by atoms with Gasteiger partial charge in [-0.2, -0.15) is 0 Å². The lowest BCUT2D eigenvalue weighted by molar-refractivity contribution is 0.256. The fourth-order valence-corrected chi connectivity index (χ4v) is 4.73. The van der Waals surface area contributed by atoms with Crippen LogP contribution in [0.15, 0.2) is 64.4 Å². The van der Waals surface area contributed by atoms with Crippen LogP contribution in [0.5, 0.6) is 5.75 Å². The molecule has 13 heteroatoms. The standard InChI is InChI=1S/C20H21N5O6S2/c1-13-11-14(2)23-19(22-13)24-20(26)25-33(29,30)17-10-6-9-16(32(21,27)28)18(17)31-12-15-7-4-3-5-8-15/h3-11H,12H2,1-2H3,(H2,21,27,28)(H2,22,23,24,25,26). The van der Waals surface area contributed by atoms with Crippen molar-refractivity contribution in [3.8, 4) is 5.75 Å². The largest absolute Gasteiger partial charge is 0.486 e. The molecule has 0 fully saturated rings. The third-order valence-corrected chi connectivity index (χ3v) is 6.49. The van der Waals surface area contributed by atoms with Crippen LogP contribution in [0.25, 0.3) is 0 Å². The number of ether oxygens (including phenoxy) is 1. The van der Waals surface area contributed by atoms with Gasteiger partial charge in [-0.1, -0.05) is 36.4 Å². The van der Waals surface area contributed by atoms with Crippen LogP contribution in [-0.2, 0) is 26.7 Å². The number of hydrogen-bond donors (Lipinski definition) is 3. The number of para-hydroxylation sites is 1. The van der Waals surface area contributed by atoms with Crippen LogP contribution in [0.2, 0.25) is 0 Å². The highest BCUT2D eigenvalue weighted by Crippen LogP contribution is 2.31. The van der Waals surface area contributed by atoms with E-state index in [1.54, 1.807) is 55.0 Å². The minimum Gasteiger partial charge on any atom is -0.486 e. The molecule has 0 saturated carbocycles. The van der Waals surface area contributed by atoms with E-state index in [9.17, 15) is 21.6 Å². The van der Waals surface area contributed by atoms with Crippen LogP contribution < -0.4 is 19.9 Å². The summed E-state index contributed by atoms with van der Waals surface area (Å²) in [5.74, 6) is -0.606. The molecule has 0 saturated heterocycles. The Bertz CT molecular complexity index is 1370. The first-order chi connectivity index (χ1) is 15.5. The van der Waals surface area contributed by atoms with E-state index in [0.717, 1.165) is 12.1 Å². The predicted octanol–water partition coefficient (Wildman–Crippen LogP) is 1.83. The summed E-state index contributed by atoms with van der Waals surface area (Å²) in [6, 6.07) is 12.6. The number of carbonyl (C=O) groups is 1. The zero-order chi connectivity index (χ0) is 24.2. The zero-order valence-electron chi connectivity index (χ0n) is 17.6. The third kappa shape index (κ3) is 6.25. The molecule has 0 aliphatic rings. The van der Waals surface area contributed by atoms with Gasteiger partial charge in [0.25, 0.3) is 10.0 Å². The first-order valence-corrected chi connectivity index (χ1v) is 12.5. The average molecular weight is 492 g/mol. The molecule has 0 bridgehead atoms. The van der Waals surface area contributed by atoms with Crippen molar-refractivity contribution in [3.63, 3.8) is 0 Å². The smallest absolute Gasteiger partial charge is 0.335 e. The Kier molecular flexibility index (Phi) is 6.95. The topological polar surface area (TPSA) is 170 Å². The van der Waals surface area contributed by atoms with Gasteiger partial charge in [0.1, 0.15) is 16.4 Å². The summed E-state index contributed by atoms with van der Waals surface area (Å²) >= 11 is 0. The van der Waals surface area contributed by atoms with Crippen LogP contribution in [-0.4, -0.2) is 32.8 Å². The zero-order valence-corrected chi connectivity index (χ0v) is 19.3. The number of anilines is 1. The Morgan fingerprint density at radius 2 is 1.55 bits per heavy atom. The molecule has 0 unspecified atom stereocenters. The van der Waals surface area contributed by atoms with Gasteiger partial charge in [-0.3, -0.25) is 5.32 Å². The Labute approximate surface area is 191 Å². The molecule has 3 rings (SSSR count). The molecule has 2 amide bonds. The number of nitrogens with two attached hydrogens (primary N) is 1. The number of carbonyl (C=O) groups excluding carboxylic acids is 1. The van der Waals surface area contributed by atoms with Crippen molar-refractivity contribution in [2.45, 2.75) is 30.2 Å². The van der Waals surface area contributed by atoms with E-state index in [1.807, 2.05) is 0 Å². The molecular formula is C20H21N5O6S2. The van der Waals surface area contributed by atoms with Gasteiger partial charge in [-0.15, -0.1) is 0 Å². The number of aromatic nitrogens is 2. The molecule has 0 spiro atoms. The molecule has 0 atom stereocenters. The fourth-order valence-electron chi connectivity index (χ4n) is 2.89. The van der Waals surface area contributed by atoms with Gasteiger partial charge in [0.05, 0.1) is 0 Å². The maximum Gasteiger partial charge on any atom is 0.335 e. The number of primary sulfonamides is 1. The number of amides is 2. The van der Waals surface area contributed by atoms with Gasteiger partial charge in [-0.05, 0) is 37.6 Å². The van der Waals surface area contributed by atoms with Crippen molar-refractivity contribution in [1.82, 2.24) is 14.7 Å². The van der Waals surface area contributed by atoms with Crippen LogP contribution in [0.4, 0.5) is 10.7 Å². The second kappa shape index (κ2) is 9.52. The van der Waals surface area contributed by atoms with Gasteiger partial charge < -0.3 is 4.74 Å². The number of benzene rings is 2. The summed E-state index contributed by atoms with van der Waals surface area (Å²) in [6.45, 7) is 3.23. The molecule has 3 aromatic rings. The van der Waals surface area contributed by atoms with Crippen LogP contribution in [0.3, 0.4) is 0 Å². The number of urea groups is 1. The number of hydrogen-bond acceptors (Lipinski definition) is 8. The normalized spacial score (nSPS) is 11.6. The van der Waals surface area contributed by atoms with E-state index < -0.39 is 41.6 Å². The van der Waals surface area contributed by atoms with Crippen molar-refractivity contribution < 1.29 is 26.4 Å². The van der Waals surface area contributed by atoms with E-state index in [0.29, 0.717) is 17.0 Å². The van der Waals surface area contributed by atoms with Gasteiger partial charge >= 0.3 is 6.03 Å². The Morgan fingerprint density at radius 3 is 2.15 bits per heavy atom. The lowest BCUT2D eigenvalue weighted by Gasteiger charge is -2.16. The monoisotopic (exact) mass is 491 g/mol. The van der Waals surface area contributed by atoms with Crippen molar-refractivity contribution in [3.05, 3.63) is 71.5 Å². The molecule has 0 radical (unpaired) electrons. The number of nitrogens with zero attached hydrogens (tertiary/aromatic N) is 2. The van der Waals surface area contributed by atoms with Crippen molar-refractivity contribution in [2.24, 2.45) is 5.14 Å². The highest BCUT2D eigenvalue weighted by atomic mass is 32.2. The first-order valence-electron chi connectivity index (χ1n) is 9.44. The molecule has 2 aromatic carbocycles. The van der Waals surface area contributed by atoms with E-state index in [1.165, 1.54) is 6.07 Å². The van der Waals surface area contributed by atoms with Crippen molar-refractivity contribution in [1.29, 1.82) is 0 Å².